The van der Waals surface area contributed by atoms with Crippen LogP contribution in [0.1, 0.15) is 10.5 Å². The number of carboxylic acid groups (broad SMARTS) is 1. The molecule has 2 heterocycles. The van der Waals surface area contributed by atoms with Crippen molar-refractivity contribution < 1.29 is 9.90 Å². The maximum Gasteiger partial charge on any atom is 0.356 e. The van der Waals surface area contributed by atoms with E-state index in [-0.39, 0.29) is 10.7 Å². The molecule has 0 fully saturated rings. The molecule has 0 aliphatic carbocycles. The normalized spacial score (nSPS) is 10.5. The fourth-order valence-electron chi connectivity index (χ4n) is 1.10. The largest absolute Gasteiger partial charge is 0.476 e. The summed E-state index contributed by atoms with van der Waals surface area (Å²) < 4.78 is 1.57. The van der Waals surface area contributed by atoms with Crippen molar-refractivity contribution in [1.82, 2.24) is 19.7 Å². The number of halogens is 1. The molecule has 0 atom stereocenters. The van der Waals surface area contributed by atoms with Crippen LogP contribution in [0, 0.1) is 0 Å². The van der Waals surface area contributed by atoms with Gasteiger partial charge in [0.05, 0.1) is 5.02 Å². The number of hydrogen-bond acceptors (Lipinski definition) is 5. The minimum Gasteiger partial charge on any atom is -0.476 e. The zero-order valence-electron chi connectivity index (χ0n) is 8.66. The molecule has 2 aromatic heterocycles. The Morgan fingerprint density at radius 2 is 2.29 bits per heavy atom. The highest BCUT2D eigenvalue weighted by molar-refractivity contribution is 7.99. The minimum atomic E-state index is -1.16. The Labute approximate surface area is 106 Å². The van der Waals surface area contributed by atoms with Crippen molar-refractivity contribution in [3.05, 3.63) is 29.2 Å². The molecule has 2 aromatic rings. The van der Waals surface area contributed by atoms with E-state index in [2.05, 4.69) is 15.1 Å². The lowest BCUT2D eigenvalue weighted by Gasteiger charge is -2.02. The van der Waals surface area contributed by atoms with Gasteiger partial charge in [-0.1, -0.05) is 11.6 Å². The SMILES string of the molecule is Cn1ncnc1Sc1ccc(Cl)c(C(=O)O)n1. The second-order valence-electron chi connectivity index (χ2n) is 3.05. The van der Waals surface area contributed by atoms with E-state index < -0.39 is 5.97 Å². The van der Waals surface area contributed by atoms with Crippen LogP contribution in [0.2, 0.25) is 5.02 Å². The molecule has 0 bridgehead atoms. The Kier molecular flexibility index (Phi) is 3.30. The third kappa shape index (κ3) is 2.56. The first kappa shape index (κ1) is 11.9. The predicted octanol–water partition coefficient (Wildman–Crippen LogP) is 1.71. The van der Waals surface area contributed by atoms with Crippen LogP contribution >= 0.6 is 23.4 Å². The molecule has 17 heavy (non-hydrogen) atoms. The lowest BCUT2D eigenvalue weighted by atomic mass is 10.3. The summed E-state index contributed by atoms with van der Waals surface area (Å²) in [5.74, 6) is -1.16. The van der Waals surface area contributed by atoms with Gasteiger partial charge in [0.25, 0.3) is 0 Å². The number of aryl methyl sites for hydroxylation is 1. The quantitative estimate of drug-likeness (QED) is 0.914. The number of hydrogen-bond donors (Lipinski definition) is 1. The highest BCUT2D eigenvalue weighted by atomic mass is 35.5. The highest BCUT2D eigenvalue weighted by Gasteiger charge is 2.13. The van der Waals surface area contributed by atoms with E-state index in [1.165, 1.54) is 24.2 Å². The van der Waals surface area contributed by atoms with Gasteiger partial charge in [-0.25, -0.2) is 19.4 Å². The number of carbonyl (C=O) groups is 1. The number of nitrogens with zero attached hydrogens (tertiary/aromatic N) is 4. The van der Waals surface area contributed by atoms with Gasteiger partial charge in [0.2, 0.25) is 0 Å². The van der Waals surface area contributed by atoms with Crippen LogP contribution in [-0.4, -0.2) is 30.8 Å². The second kappa shape index (κ2) is 4.72. The zero-order valence-corrected chi connectivity index (χ0v) is 10.2. The second-order valence-corrected chi connectivity index (χ2v) is 4.45. The molecular formula is C9H7ClN4O2S. The van der Waals surface area contributed by atoms with Crippen LogP contribution in [-0.2, 0) is 7.05 Å². The van der Waals surface area contributed by atoms with Crippen LogP contribution in [0.25, 0.3) is 0 Å². The Morgan fingerprint density at radius 1 is 1.53 bits per heavy atom. The first-order chi connectivity index (χ1) is 8.08. The van der Waals surface area contributed by atoms with Crippen molar-refractivity contribution in [3.8, 4) is 0 Å². The van der Waals surface area contributed by atoms with Crippen LogP contribution in [0.5, 0.6) is 0 Å². The fourth-order valence-corrected chi connectivity index (χ4v) is 2.03. The van der Waals surface area contributed by atoms with Gasteiger partial charge in [-0.3, -0.25) is 0 Å². The van der Waals surface area contributed by atoms with E-state index in [9.17, 15) is 4.79 Å². The van der Waals surface area contributed by atoms with Gasteiger partial charge in [0.1, 0.15) is 11.4 Å². The third-order valence-electron chi connectivity index (χ3n) is 1.89. The molecule has 8 heteroatoms. The molecule has 0 aliphatic heterocycles. The van der Waals surface area contributed by atoms with Gasteiger partial charge in [-0.05, 0) is 23.9 Å². The molecule has 0 amide bonds. The van der Waals surface area contributed by atoms with E-state index >= 15 is 0 Å². The fraction of sp³-hybridized carbons (Fsp3) is 0.111. The van der Waals surface area contributed by atoms with Crippen molar-refractivity contribution in [2.24, 2.45) is 7.05 Å². The predicted molar refractivity (Wildman–Crippen MR) is 61.3 cm³/mol. The van der Waals surface area contributed by atoms with Gasteiger partial charge in [0.15, 0.2) is 10.9 Å². The summed E-state index contributed by atoms with van der Waals surface area (Å²) in [6.07, 6.45) is 1.41. The molecule has 0 aliphatic rings. The van der Waals surface area contributed by atoms with E-state index in [0.29, 0.717) is 10.2 Å². The summed E-state index contributed by atoms with van der Waals surface area (Å²) in [6.45, 7) is 0. The summed E-state index contributed by atoms with van der Waals surface area (Å²) in [4.78, 5) is 18.8. The van der Waals surface area contributed by atoms with Crippen LogP contribution < -0.4 is 0 Å². The minimum absolute atomic E-state index is 0.111. The molecule has 0 spiro atoms. The number of aromatic carboxylic acids is 1. The summed E-state index contributed by atoms with van der Waals surface area (Å²) in [7, 11) is 1.74. The molecule has 2 rings (SSSR count). The van der Waals surface area contributed by atoms with Crippen molar-refractivity contribution in [2.45, 2.75) is 10.2 Å². The van der Waals surface area contributed by atoms with E-state index in [1.807, 2.05) is 0 Å². The third-order valence-corrected chi connectivity index (χ3v) is 3.18. The maximum atomic E-state index is 10.9. The van der Waals surface area contributed by atoms with E-state index in [0.717, 1.165) is 0 Å². The molecule has 0 saturated heterocycles. The van der Waals surface area contributed by atoms with Crippen molar-refractivity contribution in [1.29, 1.82) is 0 Å². The first-order valence-electron chi connectivity index (χ1n) is 4.49. The Hall–Kier alpha value is -1.60. The van der Waals surface area contributed by atoms with Gasteiger partial charge < -0.3 is 5.11 Å². The molecule has 0 radical (unpaired) electrons. The summed E-state index contributed by atoms with van der Waals surface area (Å²) in [5.41, 5.74) is -0.168. The molecule has 0 saturated carbocycles. The molecule has 0 aromatic carbocycles. The molecule has 88 valence electrons. The standard InChI is InChI=1S/C9H7ClN4O2S/c1-14-9(11-4-12-14)17-6-3-2-5(10)7(13-6)8(15)16/h2-4H,1H3,(H,15,16). The number of carboxylic acids is 1. The summed E-state index contributed by atoms with van der Waals surface area (Å²) >= 11 is 6.94. The molecule has 0 unspecified atom stereocenters. The van der Waals surface area contributed by atoms with Crippen LogP contribution in [0.3, 0.4) is 0 Å². The van der Waals surface area contributed by atoms with Gasteiger partial charge >= 0.3 is 5.97 Å². The van der Waals surface area contributed by atoms with Crippen molar-refractivity contribution >= 4 is 29.3 Å². The smallest absolute Gasteiger partial charge is 0.356 e. The molecular weight excluding hydrogens is 264 g/mol. The zero-order chi connectivity index (χ0) is 12.4. The Balaban J connectivity index is 2.32. The highest BCUT2D eigenvalue weighted by Crippen LogP contribution is 2.25. The first-order valence-corrected chi connectivity index (χ1v) is 5.69. The number of aromatic nitrogens is 4. The van der Waals surface area contributed by atoms with Crippen LogP contribution in [0.4, 0.5) is 0 Å². The molecule has 1 N–H and O–H groups in total. The van der Waals surface area contributed by atoms with Crippen LogP contribution in [0.15, 0.2) is 28.6 Å². The lowest BCUT2D eigenvalue weighted by molar-refractivity contribution is 0.0690. The van der Waals surface area contributed by atoms with Gasteiger partial charge in [-0.15, -0.1) is 0 Å². The maximum absolute atomic E-state index is 10.9. The topological polar surface area (TPSA) is 80.9 Å². The number of rotatable bonds is 3. The van der Waals surface area contributed by atoms with Gasteiger partial charge in [-0.2, -0.15) is 5.10 Å². The van der Waals surface area contributed by atoms with Crippen molar-refractivity contribution in [3.63, 3.8) is 0 Å². The van der Waals surface area contributed by atoms with Gasteiger partial charge in [0, 0.05) is 7.05 Å². The number of pyridine rings is 1. The average Bonchev–Trinajstić information content (AvgIpc) is 2.67. The Morgan fingerprint density at radius 3 is 2.88 bits per heavy atom. The summed E-state index contributed by atoms with van der Waals surface area (Å²) in [5, 5.41) is 14.0. The van der Waals surface area contributed by atoms with E-state index in [4.69, 9.17) is 16.7 Å². The summed E-state index contributed by atoms with van der Waals surface area (Å²) in [6, 6.07) is 3.13. The van der Waals surface area contributed by atoms with E-state index in [1.54, 1.807) is 17.8 Å². The monoisotopic (exact) mass is 270 g/mol. The Bertz CT molecular complexity index is 572. The average molecular weight is 271 g/mol. The lowest BCUT2D eigenvalue weighted by Crippen LogP contribution is -2.02. The van der Waals surface area contributed by atoms with Crippen molar-refractivity contribution in [2.75, 3.05) is 0 Å². The molecule has 6 nitrogen and oxygen atoms in total.